The number of hydrogen-bond acceptors (Lipinski definition) is 4. The highest BCUT2D eigenvalue weighted by Gasteiger charge is 2.16. The van der Waals surface area contributed by atoms with Crippen molar-refractivity contribution in [2.75, 3.05) is 12.8 Å². The summed E-state index contributed by atoms with van der Waals surface area (Å²) in [5, 5.41) is 0. The molecule has 0 spiro atoms. The van der Waals surface area contributed by atoms with Crippen LogP contribution in [0, 0.1) is 0 Å². The van der Waals surface area contributed by atoms with Gasteiger partial charge in [-0.15, -0.1) is 0 Å². The molecule has 0 saturated heterocycles. The van der Waals surface area contributed by atoms with Crippen LogP contribution in [0.3, 0.4) is 0 Å². The zero-order valence-corrected chi connectivity index (χ0v) is 11.4. The summed E-state index contributed by atoms with van der Waals surface area (Å²) >= 11 is 0. The van der Waals surface area contributed by atoms with Gasteiger partial charge < -0.3 is 15.0 Å². The Labute approximate surface area is 117 Å². The zero-order valence-electron chi connectivity index (χ0n) is 11.4. The number of anilines is 1. The maximum Gasteiger partial charge on any atom is 0.201 e. The quantitative estimate of drug-likeness (QED) is 0.793. The Morgan fingerprint density at radius 2 is 1.95 bits per heavy atom. The van der Waals surface area contributed by atoms with Crippen LogP contribution in [-0.4, -0.2) is 21.6 Å². The Hall–Kier alpha value is -2.56. The minimum Gasteiger partial charge on any atom is -0.497 e. The summed E-state index contributed by atoms with van der Waals surface area (Å²) in [5.41, 5.74) is 9.04. The first-order chi connectivity index (χ1) is 9.70. The van der Waals surface area contributed by atoms with Crippen molar-refractivity contribution in [3.8, 4) is 5.75 Å². The molecule has 0 bridgehead atoms. The number of rotatable bonds is 3. The van der Waals surface area contributed by atoms with Gasteiger partial charge in [-0.1, -0.05) is 0 Å². The van der Waals surface area contributed by atoms with Crippen molar-refractivity contribution in [1.29, 1.82) is 0 Å². The molecule has 3 rings (SSSR count). The van der Waals surface area contributed by atoms with Crippen LogP contribution in [0.2, 0.25) is 0 Å². The van der Waals surface area contributed by atoms with Crippen molar-refractivity contribution >= 4 is 17.0 Å². The third-order valence-corrected chi connectivity index (χ3v) is 3.50. The number of hydrogen-bond donors (Lipinski definition) is 1. The minimum absolute atomic E-state index is 0.0788. The van der Waals surface area contributed by atoms with Crippen molar-refractivity contribution in [3.63, 3.8) is 0 Å². The average Bonchev–Trinajstić information content (AvgIpc) is 2.82. The number of methoxy groups -OCH3 is 1. The Balaban J connectivity index is 2.17. The van der Waals surface area contributed by atoms with Crippen LogP contribution in [0.5, 0.6) is 5.75 Å². The molecule has 5 heteroatoms. The van der Waals surface area contributed by atoms with E-state index in [1.165, 1.54) is 0 Å². The highest BCUT2D eigenvalue weighted by Crippen LogP contribution is 2.29. The van der Waals surface area contributed by atoms with Gasteiger partial charge in [0, 0.05) is 18.5 Å². The summed E-state index contributed by atoms with van der Waals surface area (Å²) in [7, 11) is 1.65. The van der Waals surface area contributed by atoms with Gasteiger partial charge in [-0.25, -0.2) is 4.98 Å². The number of pyridine rings is 1. The molecule has 1 unspecified atom stereocenters. The van der Waals surface area contributed by atoms with Crippen molar-refractivity contribution in [3.05, 3.63) is 48.3 Å². The molecule has 20 heavy (non-hydrogen) atoms. The molecular weight excluding hydrogens is 252 g/mol. The number of nitrogens with zero attached hydrogens (tertiary/aromatic N) is 3. The van der Waals surface area contributed by atoms with E-state index in [0.29, 0.717) is 5.95 Å². The fraction of sp³-hybridized carbons (Fsp3) is 0.200. The average molecular weight is 268 g/mol. The van der Waals surface area contributed by atoms with E-state index in [2.05, 4.69) is 16.9 Å². The van der Waals surface area contributed by atoms with E-state index in [1.54, 1.807) is 19.5 Å². The van der Waals surface area contributed by atoms with E-state index < -0.39 is 0 Å². The fourth-order valence-electron chi connectivity index (χ4n) is 2.42. The van der Waals surface area contributed by atoms with Crippen LogP contribution in [0.1, 0.15) is 18.5 Å². The Kier molecular flexibility index (Phi) is 3.02. The maximum atomic E-state index is 6.08. The number of nitrogen functional groups attached to an aromatic ring is 1. The topological polar surface area (TPSA) is 66.0 Å². The predicted molar refractivity (Wildman–Crippen MR) is 78.7 cm³/mol. The molecule has 0 fully saturated rings. The molecule has 0 aliphatic heterocycles. The summed E-state index contributed by atoms with van der Waals surface area (Å²) in [4.78, 5) is 8.45. The molecule has 0 amide bonds. The third-order valence-electron chi connectivity index (χ3n) is 3.50. The number of benzene rings is 1. The van der Waals surface area contributed by atoms with Crippen molar-refractivity contribution in [1.82, 2.24) is 14.5 Å². The van der Waals surface area contributed by atoms with Crippen LogP contribution in [0.4, 0.5) is 5.95 Å². The number of ether oxygens (including phenoxy) is 1. The Morgan fingerprint density at radius 1 is 1.20 bits per heavy atom. The van der Waals surface area contributed by atoms with Crippen LogP contribution in [-0.2, 0) is 0 Å². The first kappa shape index (κ1) is 12.5. The molecule has 0 radical (unpaired) electrons. The lowest BCUT2D eigenvalue weighted by Crippen LogP contribution is -2.10. The van der Waals surface area contributed by atoms with Gasteiger partial charge in [0.1, 0.15) is 5.75 Å². The van der Waals surface area contributed by atoms with Crippen molar-refractivity contribution < 1.29 is 4.74 Å². The van der Waals surface area contributed by atoms with Gasteiger partial charge in [-0.2, -0.15) is 0 Å². The molecule has 2 N–H and O–H groups in total. The highest BCUT2D eigenvalue weighted by molar-refractivity contribution is 5.80. The maximum absolute atomic E-state index is 6.08. The van der Waals surface area contributed by atoms with Crippen LogP contribution in [0.25, 0.3) is 11.0 Å². The second-order valence-electron chi connectivity index (χ2n) is 4.65. The van der Waals surface area contributed by atoms with Gasteiger partial charge in [0.15, 0.2) is 0 Å². The van der Waals surface area contributed by atoms with Gasteiger partial charge in [-0.05, 0) is 36.8 Å². The van der Waals surface area contributed by atoms with Gasteiger partial charge in [-0.3, -0.25) is 4.98 Å². The third kappa shape index (κ3) is 1.97. The smallest absolute Gasteiger partial charge is 0.201 e. The fourth-order valence-corrected chi connectivity index (χ4v) is 2.42. The molecule has 3 aromatic rings. The monoisotopic (exact) mass is 268 g/mol. The van der Waals surface area contributed by atoms with E-state index in [0.717, 1.165) is 22.3 Å². The van der Waals surface area contributed by atoms with Gasteiger partial charge in [0.25, 0.3) is 0 Å². The molecule has 5 nitrogen and oxygen atoms in total. The molecule has 0 aliphatic carbocycles. The molecule has 0 saturated carbocycles. The van der Waals surface area contributed by atoms with Crippen LogP contribution < -0.4 is 10.5 Å². The van der Waals surface area contributed by atoms with Gasteiger partial charge in [0.2, 0.25) is 5.95 Å². The lowest BCUT2D eigenvalue weighted by Gasteiger charge is -2.16. The molecule has 102 valence electrons. The molecule has 2 aromatic heterocycles. The molecule has 1 atom stereocenters. The van der Waals surface area contributed by atoms with E-state index in [9.17, 15) is 0 Å². The highest BCUT2D eigenvalue weighted by atomic mass is 16.5. The van der Waals surface area contributed by atoms with E-state index >= 15 is 0 Å². The first-order valence-electron chi connectivity index (χ1n) is 6.42. The second kappa shape index (κ2) is 4.85. The largest absolute Gasteiger partial charge is 0.497 e. The molecule has 1 aromatic carbocycles. The van der Waals surface area contributed by atoms with E-state index in [1.807, 2.05) is 34.9 Å². The number of nitrogens with two attached hydrogens (primary N) is 1. The first-order valence-corrected chi connectivity index (χ1v) is 6.42. The standard InChI is InChI=1S/C15H16N4O/c1-10(11-5-7-17-8-6-11)19-14-9-12(20-2)3-4-13(14)18-15(19)16/h3-10H,1-2H3,(H2,16,18). The normalized spacial score (nSPS) is 12.5. The minimum atomic E-state index is 0.0788. The lowest BCUT2D eigenvalue weighted by molar-refractivity contribution is 0.415. The molecular formula is C15H16N4O. The summed E-state index contributed by atoms with van der Waals surface area (Å²) in [6.07, 6.45) is 3.56. The van der Waals surface area contributed by atoms with Gasteiger partial charge >= 0.3 is 0 Å². The second-order valence-corrected chi connectivity index (χ2v) is 4.65. The number of fused-ring (bicyclic) bond motifs is 1. The molecule has 0 aliphatic rings. The summed E-state index contributed by atoms with van der Waals surface area (Å²) in [6.45, 7) is 2.09. The van der Waals surface area contributed by atoms with Crippen molar-refractivity contribution in [2.45, 2.75) is 13.0 Å². The van der Waals surface area contributed by atoms with Crippen molar-refractivity contribution in [2.24, 2.45) is 0 Å². The summed E-state index contributed by atoms with van der Waals surface area (Å²) in [5.74, 6) is 1.29. The van der Waals surface area contributed by atoms with Gasteiger partial charge in [0.05, 0.1) is 24.2 Å². The van der Waals surface area contributed by atoms with E-state index in [-0.39, 0.29) is 6.04 Å². The number of aromatic nitrogens is 3. The molecule has 2 heterocycles. The van der Waals surface area contributed by atoms with E-state index in [4.69, 9.17) is 10.5 Å². The Morgan fingerprint density at radius 3 is 2.65 bits per heavy atom. The Bertz CT molecular complexity index is 736. The zero-order chi connectivity index (χ0) is 14.1. The van der Waals surface area contributed by atoms with Crippen LogP contribution in [0.15, 0.2) is 42.7 Å². The predicted octanol–water partition coefficient (Wildman–Crippen LogP) is 2.63. The lowest BCUT2D eigenvalue weighted by atomic mass is 10.1. The SMILES string of the molecule is COc1ccc2nc(N)n(C(C)c3ccncc3)c2c1. The van der Waals surface area contributed by atoms with Crippen LogP contribution >= 0.6 is 0 Å². The summed E-state index contributed by atoms with van der Waals surface area (Å²) in [6, 6.07) is 9.80. The summed E-state index contributed by atoms with van der Waals surface area (Å²) < 4.78 is 7.29. The number of imidazole rings is 1.